The molecule has 0 aromatic heterocycles. The molecular formula is C22H31IN4O3S. The molecule has 0 saturated carbocycles. The number of aryl methyl sites for hydroxylation is 1. The fourth-order valence-electron chi connectivity index (χ4n) is 3.46. The summed E-state index contributed by atoms with van der Waals surface area (Å²) in [7, 11) is -1.83. The fraction of sp³-hybridized carbons (Fsp3) is 0.409. The quantitative estimate of drug-likeness (QED) is 0.219. The highest BCUT2D eigenvalue weighted by Gasteiger charge is 2.33. The maximum Gasteiger partial charge on any atom is 0.240 e. The summed E-state index contributed by atoms with van der Waals surface area (Å²) in [4.78, 5) is 4.54. The molecule has 0 saturated heterocycles. The van der Waals surface area contributed by atoms with E-state index in [0.717, 1.165) is 23.3 Å². The highest BCUT2D eigenvalue weighted by Crippen LogP contribution is 2.39. The second-order valence-corrected chi connectivity index (χ2v) is 9.78. The molecule has 0 aliphatic carbocycles. The minimum atomic E-state index is -3.53. The lowest BCUT2D eigenvalue weighted by atomic mass is 9.90. The number of nitrogens with zero attached hydrogens (tertiary/aromatic N) is 1. The summed E-state index contributed by atoms with van der Waals surface area (Å²) < 4.78 is 33.5. The molecule has 170 valence electrons. The van der Waals surface area contributed by atoms with E-state index in [-0.39, 0.29) is 47.1 Å². The Balaban J connectivity index is 0.00000341. The largest absolute Gasteiger partial charge is 0.487 e. The molecule has 7 nitrogen and oxygen atoms in total. The summed E-state index contributed by atoms with van der Waals surface area (Å²) in [5.74, 6) is 1.48. The molecule has 3 N–H and O–H groups in total. The summed E-state index contributed by atoms with van der Waals surface area (Å²) in [5, 5.41) is 6.61. The lowest BCUT2D eigenvalue weighted by molar-refractivity contribution is 0.0694. The molecule has 1 atom stereocenters. The standard InChI is InChI=1S/C22H30N4O3S.HI/c1-16-9-11-17(12-10-16)30(27,28)25-14-13-24-21(23-4)26-19-15-22(2,3)29-20-8-6-5-7-18(19)20;/h5-12,19,25H,13-15H2,1-4H3,(H2,23,24,26);1H. The van der Waals surface area contributed by atoms with Gasteiger partial charge in [0.1, 0.15) is 11.4 Å². The third kappa shape index (κ3) is 6.81. The first kappa shape index (κ1) is 25.4. The monoisotopic (exact) mass is 558 g/mol. The maximum atomic E-state index is 12.4. The van der Waals surface area contributed by atoms with Crippen LogP contribution in [0.4, 0.5) is 0 Å². The predicted octanol–water partition coefficient (Wildman–Crippen LogP) is 3.36. The van der Waals surface area contributed by atoms with Crippen LogP contribution < -0.4 is 20.1 Å². The third-order valence-corrected chi connectivity index (χ3v) is 6.43. The molecule has 0 fully saturated rings. The number of para-hydroxylation sites is 1. The van der Waals surface area contributed by atoms with Gasteiger partial charge in [0.15, 0.2) is 5.96 Å². The molecule has 0 bridgehead atoms. The van der Waals surface area contributed by atoms with Crippen LogP contribution in [0.5, 0.6) is 5.75 Å². The Labute approximate surface area is 202 Å². The minimum absolute atomic E-state index is 0. The van der Waals surface area contributed by atoms with Gasteiger partial charge in [-0.2, -0.15) is 0 Å². The van der Waals surface area contributed by atoms with E-state index in [2.05, 4.69) is 34.2 Å². The Hall–Kier alpha value is -1.85. The van der Waals surface area contributed by atoms with Crippen molar-refractivity contribution in [3.63, 3.8) is 0 Å². The molecule has 31 heavy (non-hydrogen) atoms. The van der Waals surface area contributed by atoms with E-state index < -0.39 is 10.0 Å². The SMILES string of the molecule is CN=C(NCCNS(=O)(=O)c1ccc(C)cc1)NC1CC(C)(C)Oc2ccccc21.I. The van der Waals surface area contributed by atoms with Gasteiger partial charge >= 0.3 is 0 Å². The number of aliphatic imine (C=N–C) groups is 1. The smallest absolute Gasteiger partial charge is 0.240 e. The number of sulfonamides is 1. The predicted molar refractivity (Wildman–Crippen MR) is 135 cm³/mol. The van der Waals surface area contributed by atoms with E-state index in [1.165, 1.54) is 0 Å². The summed E-state index contributed by atoms with van der Waals surface area (Å²) in [6.07, 6.45) is 0.783. The molecule has 9 heteroatoms. The lowest BCUT2D eigenvalue weighted by Gasteiger charge is -2.38. The number of hydrogen-bond acceptors (Lipinski definition) is 4. The zero-order valence-electron chi connectivity index (χ0n) is 18.3. The van der Waals surface area contributed by atoms with Crippen LogP contribution in [0, 0.1) is 6.92 Å². The fourth-order valence-corrected chi connectivity index (χ4v) is 4.49. The summed E-state index contributed by atoms with van der Waals surface area (Å²) >= 11 is 0. The number of halogens is 1. The van der Waals surface area contributed by atoms with Crippen LogP contribution in [0.25, 0.3) is 0 Å². The second-order valence-electron chi connectivity index (χ2n) is 8.01. The van der Waals surface area contributed by atoms with Crippen LogP contribution in [0.15, 0.2) is 58.4 Å². The molecule has 3 rings (SSSR count). The number of benzene rings is 2. The molecule has 2 aromatic rings. The van der Waals surface area contributed by atoms with Crippen LogP contribution in [-0.2, 0) is 10.0 Å². The number of rotatable bonds is 6. The summed E-state index contributed by atoms with van der Waals surface area (Å²) in [6, 6.07) is 14.8. The van der Waals surface area contributed by atoms with Crippen molar-refractivity contribution in [2.45, 2.75) is 43.7 Å². The summed E-state index contributed by atoms with van der Waals surface area (Å²) in [5.41, 5.74) is 1.80. The van der Waals surface area contributed by atoms with E-state index in [4.69, 9.17) is 4.74 Å². The first-order chi connectivity index (χ1) is 14.2. The minimum Gasteiger partial charge on any atom is -0.487 e. The molecule has 1 heterocycles. The van der Waals surface area contributed by atoms with E-state index in [1.807, 2.05) is 31.2 Å². The van der Waals surface area contributed by atoms with Crippen LogP contribution in [-0.4, -0.2) is 40.1 Å². The van der Waals surface area contributed by atoms with Crippen molar-refractivity contribution in [1.82, 2.24) is 15.4 Å². The van der Waals surface area contributed by atoms with E-state index in [0.29, 0.717) is 12.5 Å². The van der Waals surface area contributed by atoms with E-state index >= 15 is 0 Å². The van der Waals surface area contributed by atoms with Crippen LogP contribution in [0.2, 0.25) is 0 Å². The first-order valence-corrected chi connectivity index (χ1v) is 11.5. The third-order valence-electron chi connectivity index (χ3n) is 4.95. The van der Waals surface area contributed by atoms with Crippen molar-refractivity contribution in [3.05, 3.63) is 59.7 Å². The highest BCUT2D eigenvalue weighted by molar-refractivity contribution is 14.0. The van der Waals surface area contributed by atoms with Crippen molar-refractivity contribution in [2.75, 3.05) is 20.1 Å². The van der Waals surface area contributed by atoms with Gasteiger partial charge < -0.3 is 15.4 Å². The topological polar surface area (TPSA) is 91.8 Å². The van der Waals surface area contributed by atoms with Crippen LogP contribution in [0.3, 0.4) is 0 Å². The Morgan fingerprint density at radius 1 is 1.13 bits per heavy atom. The molecule has 1 aliphatic rings. The van der Waals surface area contributed by atoms with Gasteiger partial charge in [0.05, 0.1) is 10.9 Å². The second kappa shape index (κ2) is 10.6. The van der Waals surface area contributed by atoms with Gasteiger partial charge in [0.2, 0.25) is 10.0 Å². The van der Waals surface area contributed by atoms with Gasteiger partial charge in [0.25, 0.3) is 0 Å². The molecule has 0 radical (unpaired) electrons. The number of hydrogen-bond donors (Lipinski definition) is 3. The average Bonchev–Trinajstić information content (AvgIpc) is 2.69. The maximum absolute atomic E-state index is 12.4. The molecule has 1 unspecified atom stereocenters. The van der Waals surface area contributed by atoms with Crippen LogP contribution >= 0.6 is 24.0 Å². The van der Waals surface area contributed by atoms with Crippen LogP contribution in [0.1, 0.15) is 37.4 Å². The number of nitrogens with one attached hydrogen (secondary N) is 3. The molecule has 2 aromatic carbocycles. The number of ether oxygens (including phenoxy) is 1. The highest BCUT2D eigenvalue weighted by atomic mass is 127. The summed E-state index contributed by atoms with van der Waals surface area (Å²) in [6.45, 7) is 6.69. The van der Waals surface area contributed by atoms with Gasteiger partial charge in [-0.05, 0) is 39.0 Å². The van der Waals surface area contributed by atoms with Crippen molar-refractivity contribution >= 4 is 40.0 Å². The van der Waals surface area contributed by atoms with Crippen molar-refractivity contribution in [2.24, 2.45) is 4.99 Å². The molecule has 0 spiro atoms. The van der Waals surface area contributed by atoms with Crippen molar-refractivity contribution in [3.8, 4) is 5.75 Å². The van der Waals surface area contributed by atoms with Gasteiger partial charge in [-0.1, -0.05) is 35.9 Å². The number of fused-ring (bicyclic) bond motifs is 1. The number of guanidine groups is 1. The van der Waals surface area contributed by atoms with Gasteiger partial charge in [-0.15, -0.1) is 24.0 Å². The van der Waals surface area contributed by atoms with E-state index in [9.17, 15) is 8.42 Å². The Morgan fingerprint density at radius 2 is 1.81 bits per heavy atom. The van der Waals surface area contributed by atoms with Crippen molar-refractivity contribution in [1.29, 1.82) is 0 Å². The first-order valence-electron chi connectivity index (χ1n) is 10.0. The van der Waals surface area contributed by atoms with Gasteiger partial charge in [-0.3, -0.25) is 4.99 Å². The Morgan fingerprint density at radius 3 is 2.48 bits per heavy atom. The van der Waals surface area contributed by atoms with Crippen molar-refractivity contribution < 1.29 is 13.2 Å². The van der Waals surface area contributed by atoms with E-state index in [1.54, 1.807) is 31.3 Å². The Kier molecular flexibility index (Phi) is 8.73. The average molecular weight is 558 g/mol. The van der Waals surface area contributed by atoms with Gasteiger partial charge in [0, 0.05) is 32.1 Å². The normalized spacial score (nSPS) is 17.7. The molecule has 0 amide bonds. The lowest BCUT2D eigenvalue weighted by Crippen LogP contribution is -2.46. The zero-order chi connectivity index (χ0) is 21.8. The van der Waals surface area contributed by atoms with Gasteiger partial charge in [-0.25, -0.2) is 13.1 Å². The Bertz CT molecular complexity index is 1010. The molecule has 1 aliphatic heterocycles. The molecular weight excluding hydrogens is 527 g/mol. The zero-order valence-corrected chi connectivity index (χ0v) is 21.5.